The molecule has 1 fully saturated rings. The summed E-state index contributed by atoms with van der Waals surface area (Å²) in [5.74, 6) is -1.48. The molecular formula is C31H44N2O6S. The molecule has 3 atom stereocenters. The van der Waals surface area contributed by atoms with E-state index in [-0.39, 0.29) is 0 Å². The van der Waals surface area contributed by atoms with Crippen LogP contribution >= 0.6 is 0 Å². The first-order valence-electron chi connectivity index (χ1n) is 14.2. The Balaban J connectivity index is 2.05. The highest BCUT2D eigenvalue weighted by Crippen LogP contribution is 2.36. The molecule has 1 heterocycles. The highest BCUT2D eigenvalue weighted by atomic mass is 32.2. The summed E-state index contributed by atoms with van der Waals surface area (Å²) in [5.41, 5.74) is 2.70. The minimum atomic E-state index is -3.53. The summed E-state index contributed by atoms with van der Waals surface area (Å²) in [6.45, 7) is 7.97. The second kappa shape index (κ2) is 13.6. The summed E-state index contributed by atoms with van der Waals surface area (Å²) in [4.78, 5) is 27.3. The van der Waals surface area contributed by atoms with Gasteiger partial charge in [0.15, 0.2) is 0 Å². The lowest BCUT2D eigenvalue weighted by molar-refractivity contribution is -0.139. The number of nitrogens with zero attached hydrogens (tertiary/aromatic N) is 1. The van der Waals surface area contributed by atoms with E-state index in [0.717, 1.165) is 47.8 Å². The molecule has 0 bridgehead atoms. The lowest BCUT2D eigenvalue weighted by Crippen LogP contribution is -2.58. The molecule has 1 saturated heterocycles. The maximum atomic E-state index is 13.3. The smallest absolute Gasteiger partial charge is 0.410 e. The van der Waals surface area contributed by atoms with Crippen LogP contribution in [0.4, 0.5) is 4.79 Å². The van der Waals surface area contributed by atoms with Crippen molar-refractivity contribution in [3.05, 3.63) is 59.7 Å². The maximum Gasteiger partial charge on any atom is 0.410 e. The number of aliphatic carboxylic acids is 1. The first-order chi connectivity index (χ1) is 18.8. The maximum absolute atomic E-state index is 13.3. The van der Waals surface area contributed by atoms with Crippen molar-refractivity contribution in [3.8, 4) is 11.1 Å². The first-order valence-corrected chi connectivity index (χ1v) is 16.1. The summed E-state index contributed by atoms with van der Waals surface area (Å²) >= 11 is 0. The number of benzene rings is 2. The molecule has 3 rings (SSSR count). The fourth-order valence-corrected chi connectivity index (χ4v) is 6.34. The van der Waals surface area contributed by atoms with Gasteiger partial charge in [0.1, 0.15) is 5.60 Å². The standard InChI is InChI=1S/C31H44N2O6S/c1-6-7-8-18-26(29(34)35)25-17-12-11-16-24(25)23-15-10-9-14-22(23)21-28-27(32-40(5,37)38)19-13-20-33(28)30(36)39-31(2,3)4/h9-12,14-17,26-28,32H,6-8,13,18-21H2,1-5H3,(H,34,35). The Morgan fingerprint density at radius 2 is 1.73 bits per heavy atom. The van der Waals surface area contributed by atoms with Gasteiger partial charge in [0.05, 0.1) is 18.2 Å². The van der Waals surface area contributed by atoms with Crippen molar-refractivity contribution in [2.24, 2.45) is 0 Å². The normalized spacial score (nSPS) is 18.8. The van der Waals surface area contributed by atoms with Crippen LogP contribution < -0.4 is 4.72 Å². The number of rotatable bonds is 11. The summed E-state index contributed by atoms with van der Waals surface area (Å²) in [6, 6.07) is 14.4. The van der Waals surface area contributed by atoms with Gasteiger partial charge < -0.3 is 14.7 Å². The highest BCUT2D eigenvalue weighted by molar-refractivity contribution is 7.88. The molecule has 0 aliphatic carbocycles. The van der Waals surface area contributed by atoms with E-state index in [9.17, 15) is 23.1 Å². The number of piperidine rings is 1. The molecule has 8 nitrogen and oxygen atoms in total. The summed E-state index contributed by atoms with van der Waals surface area (Å²) in [5, 5.41) is 10.1. The van der Waals surface area contributed by atoms with Crippen molar-refractivity contribution in [1.82, 2.24) is 9.62 Å². The lowest BCUT2D eigenvalue weighted by atomic mass is 9.83. The Kier molecular flexibility index (Phi) is 10.8. The molecule has 1 aliphatic rings. The number of hydrogen-bond donors (Lipinski definition) is 2. The second-order valence-electron chi connectivity index (χ2n) is 11.7. The van der Waals surface area contributed by atoms with Crippen LogP contribution in [-0.2, 0) is 26.0 Å². The molecule has 1 amide bonds. The Morgan fingerprint density at radius 1 is 1.07 bits per heavy atom. The van der Waals surface area contributed by atoms with Crippen molar-refractivity contribution in [3.63, 3.8) is 0 Å². The molecular weight excluding hydrogens is 528 g/mol. The molecule has 3 unspecified atom stereocenters. The van der Waals surface area contributed by atoms with Gasteiger partial charge in [0, 0.05) is 12.6 Å². The average molecular weight is 573 g/mol. The second-order valence-corrected chi connectivity index (χ2v) is 13.5. The minimum absolute atomic E-state index is 0.379. The number of carbonyl (C=O) groups excluding carboxylic acids is 1. The van der Waals surface area contributed by atoms with Gasteiger partial charge in [-0.15, -0.1) is 0 Å². The largest absolute Gasteiger partial charge is 0.481 e. The quantitative estimate of drug-likeness (QED) is 0.321. The third kappa shape index (κ3) is 8.80. The Morgan fingerprint density at radius 3 is 2.35 bits per heavy atom. The van der Waals surface area contributed by atoms with Gasteiger partial charge in [-0.1, -0.05) is 74.7 Å². The predicted molar refractivity (Wildman–Crippen MR) is 158 cm³/mol. The molecule has 220 valence electrons. The molecule has 9 heteroatoms. The zero-order valence-electron chi connectivity index (χ0n) is 24.4. The van der Waals surface area contributed by atoms with Crippen LogP contribution in [0.25, 0.3) is 11.1 Å². The Hall–Kier alpha value is -2.91. The van der Waals surface area contributed by atoms with Crippen molar-refractivity contribution in [2.45, 2.75) is 96.2 Å². The minimum Gasteiger partial charge on any atom is -0.481 e. The van der Waals surface area contributed by atoms with E-state index >= 15 is 0 Å². The first kappa shape index (κ1) is 31.6. The number of amides is 1. The summed E-state index contributed by atoms with van der Waals surface area (Å²) in [6.07, 6.45) is 5.63. The van der Waals surface area contributed by atoms with Crippen molar-refractivity contribution in [1.29, 1.82) is 0 Å². The van der Waals surface area contributed by atoms with Crippen LogP contribution in [0.1, 0.15) is 83.3 Å². The SMILES string of the molecule is CCCCCC(C(=O)O)c1ccccc1-c1ccccc1CC1C(NS(C)(=O)=O)CCCN1C(=O)OC(C)(C)C. The third-order valence-electron chi connectivity index (χ3n) is 7.24. The van der Waals surface area contributed by atoms with E-state index < -0.39 is 45.7 Å². The topological polar surface area (TPSA) is 113 Å². The number of carbonyl (C=O) groups is 2. The van der Waals surface area contributed by atoms with Gasteiger partial charge in [-0.05, 0) is 68.7 Å². The lowest BCUT2D eigenvalue weighted by Gasteiger charge is -2.42. The number of ether oxygens (including phenoxy) is 1. The van der Waals surface area contributed by atoms with Crippen molar-refractivity contribution in [2.75, 3.05) is 12.8 Å². The zero-order chi connectivity index (χ0) is 29.5. The van der Waals surface area contributed by atoms with Gasteiger partial charge in [-0.25, -0.2) is 17.9 Å². The number of likely N-dealkylation sites (tertiary alicyclic amines) is 1. The monoisotopic (exact) mass is 572 g/mol. The predicted octanol–water partition coefficient (Wildman–Crippen LogP) is 5.96. The van der Waals surface area contributed by atoms with Crippen LogP contribution in [0.3, 0.4) is 0 Å². The molecule has 1 aliphatic heterocycles. The Bertz CT molecular complexity index is 1270. The van der Waals surface area contributed by atoms with Crippen LogP contribution in [0.15, 0.2) is 48.5 Å². The number of carboxylic acids is 1. The van der Waals surface area contributed by atoms with Gasteiger partial charge >= 0.3 is 12.1 Å². The van der Waals surface area contributed by atoms with Crippen molar-refractivity contribution < 1.29 is 27.9 Å². The average Bonchev–Trinajstić information content (AvgIpc) is 2.86. The van der Waals surface area contributed by atoms with E-state index in [1.165, 1.54) is 0 Å². The number of hydrogen-bond acceptors (Lipinski definition) is 5. The molecule has 2 aromatic rings. The molecule has 0 saturated carbocycles. The van der Waals surface area contributed by atoms with Gasteiger partial charge in [-0.3, -0.25) is 4.79 Å². The molecule has 2 aromatic carbocycles. The molecule has 40 heavy (non-hydrogen) atoms. The molecule has 0 radical (unpaired) electrons. The van der Waals surface area contributed by atoms with E-state index in [1.54, 1.807) is 4.90 Å². The van der Waals surface area contributed by atoms with E-state index in [1.807, 2.05) is 69.3 Å². The number of sulfonamides is 1. The zero-order valence-corrected chi connectivity index (χ0v) is 25.2. The van der Waals surface area contributed by atoms with Crippen LogP contribution in [0, 0.1) is 0 Å². The molecule has 0 aromatic heterocycles. The third-order valence-corrected chi connectivity index (χ3v) is 7.97. The van der Waals surface area contributed by atoms with Crippen LogP contribution in [0.5, 0.6) is 0 Å². The number of unbranched alkanes of at least 4 members (excludes halogenated alkanes) is 2. The van der Waals surface area contributed by atoms with Crippen LogP contribution in [0.2, 0.25) is 0 Å². The number of nitrogens with one attached hydrogen (secondary N) is 1. The fourth-order valence-electron chi connectivity index (χ4n) is 5.51. The van der Waals surface area contributed by atoms with Gasteiger partial charge in [0.2, 0.25) is 10.0 Å². The van der Waals surface area contributed by atoms with E-state index in [4.69, 9.17) is 4.74 Å². The number of carboxylic acid groups (broad SMARTS) is 1. The van der Waals surface area contributed by atoms with Crippen molar-refractivity contribution >= 4 is 22.1 Å². The van der Waals surface area contributed by atoms with E-state index in [2.05, 4.69) is 11.6 Å². The van der Waals surface area contributed by atoms with Crippen LogP contribution in [-0.4, -0.2) is 61.0 Å². The van der Waals surface area contributed by atoms with E-state index in [0.29, 0.717) is 32.2 Å². The van der Waals surface area contributed by atoms with Gasteiger partial charge in [0.25, 0.3) is 0 Å². The molecule has 2 N–H and O–H groups in total. The highest BCUT2D eigenvalue weighted by Gasteiger charge is 2.38. The summed E-state index contributed by atoms with van der Waals surface area (Å²) < 4.78 is 33.0. The Labute approximate surface area is 239 Å². The van der Waals surface area contributed by atoms with Gasteiger partial charge in [-0.2, -0.15) is 0 Å². The fraction of sp³-hybridized carbons (Fsp3) is 0.548. The summed E-state index contributed by atoms with van der Waals surface area (Å²) in [7, 11) is -3.53. The molecule has 0 spiro atoms.